The zero-order valence-electron chi connectivity index (χ0n) is 18.6. The minimum Gasteiger partial charge on any atom is -0.379 e. The Hall–Kier alpha value is -2.42. The predicted octanol–water partition coefficient (Wildman–Crippen LogP) is 0.952. The van der Waals surface area contributed by atoms with E-state index in [9.17, 15) is 9.59 Å². The fourth-order valence-corrected chi connectivity index (χ4v) is 4.99. The number of nitrogens with one attached hydrogen (secondary N) is 4. The maximum Gasteiger partial charge on any atom is 0.248 e. The molecule has 1 aromatic heterocycles. The van der Waals surface area contributed by atoms with Crippen LogP contribution in [0.3, 0.4) is 0 Å². The van der Waals surface area contributed by atoms with Gasteiger partial charge in [-0.25, -0.2) is 0 Å². The molecule has 1 aromatic carbocycles. The number of hydrogen-bond donors (Lipinski definition) is 4. The number of fused-ring (bicyclic) bond motifs is 2. The van der Waals surface area contributed by atoms with Gasteiger partial charge in [0, 0.05) is 49.3 Å². The lowest BCUT2D eigenvalue weighted by molar-refractivity contribution is -0.141. The van der Waals surface area contributed by atoms with E-state index in [1.54, 1.807) is 21.1 Å². The number of hydrogen-bond acceptors (Lipinski definition) is 5. The molecule has 4 rings (SSSR count). The normalized spacial score (nSPS) is 25.9. The van der Waals surface area contributed by atoms with Gasteiger partial charge in [-0.1, -0.05) is 18.2 Å². The lowest BCUT2D eigenvalue weighted by Gasteiger charge is -2.34. The smallest absolute Gasteiger partial charge is 0.248 e. The minimum absolute atomic E-state index is 0.0527. The summed E-state index contributed by atoms with van der Waals surface area (Å²) in [6, 6.07) is 7.47. The molecule has 8 nitrogen and oxygen atoms in total. The molecule has 6 atom stereocenters. The number of methoxy groups -OCH3 is 1. The summed E-state index contributed by atoms with van der Waals surface area (Å²) in [4.78, 5) is 31.6. The van der Waals surface area contributed by atoms with Crippen LogP contribution < -0.4 is 16.0 Å². The average Bonchev–Trinajstić information content (AvgIpc) is 3.50. The van der Waals surface area contributed by atoms with Crippen LogP contribution >= 0.6 is 0 Å². The molecule has 0 aliphatic carbocycles. The van der Waals surface area contributed by atoms with Gasteiger partial charge >= 0.3 is 0 Å². The van der Waals surface area contributed by atoms with Gasteiger partial charge in [0.1, 0.15) is 6.04 Å². The minimum atomic E-state index is -0.726. The van der Waals surface area contributed by atoms with Crippen LogP contribution in [0.15, 0.2) is 30.5 Å². The maximum atomic E-state index is 13.7. The van der Waals surface area contributed by atoms with E-state index in [0.717, 1.165) is 18.5 Å². The number of nitrogens with zero attached hydrogens (tertiary/aromatic N) is 1. The van der Waals surface area contributed by atoms with E-state index in [2.05, 4.69) is 39.3 Å². The summed E-state index contributed by atoms with van der Waals surface area (Å²) in [7, 11) is 3.29. The highest BCUT2D eigenvalue weighted by Gasteiger charge is 2.49. The molecule has 2 amide bonds. The van der Waals surface area contributed by atoms with Gasteiger partial charge in [0.25, 0.3) is 0 Å². The number of likely N-dealkylation sites (tertiary alicyclic amines) is 1. The van der Waals surface area contributed by atoms with Crippen LogP contribution in [0.25, 0.3) is 10.9 Å². The first kappa shape index (κ1) is 21.8. The summed E-state index contributed by atoms with van der Waals surface area (Å²) in [5, 5.41) is 10.7. The molecule has 2 aliphatic rings. The van der Waals surface area contributed by atoms with Crippen molar-refractivity contribution in [2.75, 3.05) is 27.2 Å². The number of carbonyl (C=O) groups excluding carboxylic acids is 2. The van der Waals surface area contributed by atoms with Crippen LogP contribution in [0.1, 0.15) is 31.7 Å². The van der Waals surface area contributed by atoms with E-state index in [1.165, 1.54) is 10.9 Å². The van der Waals surface area contributed by atoms with E-state index in [-0.39, 0.29) is 29.8 Å². The monoisotopic (exact) mass is 427 g/mol. The van der Waals surface area contributed by atoms with Crippen molar-refractivity contribution in [3.63, 3.8) is 0 Å². The zero-order valence-corrected chi connectivity index (χ0v) is 18.6. The van der Waals surface area contributed by atoms with Crippen LogP contribution in [0.5, 0.6) is 0 Å². The Balaban J connectivity index is 1.60. The Kier molecular flexibility index (Phi) is 6.31. The van der Waals surface area contributed by atoms with Gasteiger partial charge in [0.2, 0.25) is 11.8 Å². The fourth-order valence-electron chi connectivity index (χ4n) is 4.99. The molecule has 0 spiro atoms. The van der Waals surface area contributed by atoms with Crippen molar-refractivity contribution in [1.82, 2.24) is 25.8 Å². The number of aromatic nitrogens is 1. The van der Waals surface area contributed by atoms with E-state index in [0.29, 0.717) is 6.54 Å². The molecule has 2 saturated heterocycles. The summed E-state index contributed by atoms with van der Waals surface area (Å²) in [6.45, 7) is 5.09. The molecule has 0 saturated carbocycles. The molecular formula is C23H33N5O3. The van der Waals surface area contributed by atoms with Crippen LogP contribution in [0, 0.1) is 0 Å². The fraction of sp³-hybridized carbons (Fsp3) is 0.565. The Bertz CT molecular complexity index is 944. The van der Waals surface area contributed by atoms with Gasteiger partial charge in [-0.2, -0.15) is 0 Å². The van der Waals surface area contributed by atoms with Crippen molar-refractivity contribution in [3.05, 3.63) is 36.0 Å². The summed E-state index contributed by atoms with van der Waals surface area (Å²) in [5.74, 6) is -0.0942. The summed E-state index contributed by atoms with van der Waals surface area (Å²) >= 11 is 0. The first-order valence-corrected chi connectivity index (χ1v) is 11.1. The van der Waals surface area contributed by atoms with Crippen molar-refractivity contribution in [3.8, 4) is 0 Å². The Morgan fingerprint density at radius 2 is 2.03 bits per heavy atom. The van der Waals surface area contributed by atoms with E-state index in [1.807, 2.05) is 24.0 Å². The van der Waals surface area contributed by atoms with Crippen LogP contribution in [-0.2, 0) is 14.3 Å². The SMILES string of the molecule is CN[C@@H](C)C(=O)N[C@H](C(=O)N1CC[C@H]2NC[C@H](c3c[nH]c4ccccc34)[C@H]21)[C@@H](C)OC. The zero-order chi connectivity index (χ0) is 22.1. The molecule has 168 valence electrons. The molecule has 3 heterocycles. The Morgan fingerprint density at radius 1 is 1.26 bits per heavy atom. The maximum absolute atomic E-state index is 13.7. The van der Waals surface area contributed by atoms with Crippen molar-refractivity contribution in [2.45, 2.75) is 56.5 Å². The lowest BCUT2D eigenvalue weighted by Crippen LogP contribution is -2.58. The van der Waals surface area contributed by atoms with E-state index < -0.39 is 18.2 Å². The van der Waals surface area contributed by atoms with Crippen LogP contribution in [0.4, 0.5) is 0 Å². The average molecular weight is 428 g/mol. The second-order valence-corrected chi connectivity index (χ2v) is 8.66. The van der Waals surface area contributed by atoms with Crippen molar-refractivity contribution >= 4 is 22.7 Å². The molecular weight excluding hydrogens is 394 g/mol. The highest BCUT2D eigenvalue weighted by Crippen LogP contribution is 2.39. The first-order chi connectivity index (χ1) is 15.0. The molecule has 2 aliphatic heterocycles. The summed E-state index contributed by atoms with van der Waals surface area (Å²) in [5.41, 5.74) is 2.34. The topological polar surface area (TPSA) is 98.5 Å². The molecule has 0 unspecified atom stereocenters. The summed E-state index contributed by atoms with van der Waals surface area (Å²) < 4.78 is 5.47. The number of benzene rings is 1. The second kappa shape index (κ2) is 8.98. The van der Waals surface area contributed by atoms with Gasteiger partial charge < -0.3 is 30.6 Å². The third-order valence-corrected chi connectivity index (χ3v) is 7.00. The number of ether oxygens (including phenoxy) is 1. The molecule has 0 radical (unpaired) electrons. The third-order valence-electron chi connectivity index (χ3n) is 7.00. The highest BCUT2D eigenvalue weighted by atomic mass is 16.5. The van der Waals surface area contributed by atoms with E-state index >= 15 is 0 Å². The van der Waals surface area contributed by atoms with Gasteiger partial charge in [-0.15, -0.1) is 0 Å². The molecule has 31 heavy (non-hydrogen) atoms. The summed E-state index contributed by atoms with van der Waals surface area (Å²) in [6.07, 6.45) is 2.55. The van der Waals surface area contributed by atoms with Crippen LogP contribution in [-0.4, -0.2) is 79.2 Å². The van der Waals surface area contributed by atoms with Crippen molar-refractivity contribution in [1.29, 1.82) is 0 Å². The van der Waals surface area contributed by atoms with Gasteiger partial charge in [-0.05, 0) is 38.9 Å². The quantitative estimate of drug-likeness (QED) is 0.528. The van der Waals surface area contributed by atoms with Gasteiger partial charge in [0.05, 0.1) is 18.2 Å². The van der Waals surface area contributed by atoms with Crippen molar-refractivity contribution in [2.24, 2.45) is 0 Å². The number of H-pyrrole nitrogens is 1. The molecule has 4 N–H and O–H groups in total. The lowest BCUT2D eigenvalue weighted by atomic mass is 9.91. The predicted molar refractivity (Wildman–Crippen MR) is 120 cm³/mol. The number of likely N-dealkylation sites (N-methyl/N-ethyl adjacent to an activating group) is 1. The Morgan fingerprint density at radius 3 is 2.77 bits per heavy atom. The second-order valence-electron chi connectivity index (χ2n) is 8.66. The first-order valence-electron chi connectivity index (χ1n) is 11.1. The van der Waals surface area contributed by atoms with Crippen molar-refractivity contribution < 1.29 is 14.3 Å². The molecule has 8 heteroatoms. The standard InChI is InChI=1S/C23H33N5O3/c1-13(24-3)22(29)27-20(14(2)31-4)23(30)28-10-9-19-21(28)17(12-26-19)16-11-25-18-8-6-5-7-15(16)18/h5-8,11,13-14,17,19-21,24-26H,9-10,12H2,1-4H3,(H,27,29)/t13-,14+,17+,19+,20-,21+/m0/s1. The molecule has 2 fully saturated rings. The third kappa shape index (κ3) is 3.95. The number of para-hydroxylation sites is 1. The number of amides is 2. The molecule has 0 bridgehead atoms. The highest BCUT2D eigenvalue weighted by molar-refractivity contribution is 5.91. The van der Waals surface area contributed by atoms with Crippen LogP contribution in [0.2, 0.25) is 0 Å². The number of carbonyl (C=O) groups is 2. The number of aromatic amines is 1. The Labute approximate surface area is 183 Å². The largest absolute Gasteiger partial charge is 0.379 e. The molecule has 2 aromatic rings. The van der Waals surface area contributed by atoms with Gasteiger partial charge in [0.15, 0.2) is 0 Å². The van der Waals surface area contributed by atoms with E-state index in [4.69, 9.17) is 4.74 Å². The van der Waals surface area contributed by atoms with Gasteiger partial charge in [-0.3, -0.25) is 9.59 Å². The number of rotatable bonds is 7.